The van der Waals surface area contributed by atoms with Crippen molar-refractivity contribution in [3.05, 3.63) is 27.3 Å². The topological polar surface area (TPSA) is 54.5 Å². The fourth-order valence-electron chi connectivity index (χ4n) is 1.21. The molecule has 1 aromatic carbocycles. The molecule has 0 spiro atoms. The van der Waals surface area contributed by atoms with Gasteiger partial charge in [-0.1, -0.05) is 12.1 Å². The molecule has 0 aliphatic carbocycles. The highest BCUT2D eigenvalue weighted by Crippen LogP contribution is 2.36. The number of benzene rings is 1. The molecule has 84 valence electrons. The third kappa shape index (κ3) is 2.01. The molecule has 0 amide bonds. The first-order valence-electron chi connectivity index (χ1n) is 4.10. The molecule has 0 aliphatic heterocycles. The highest BCUT2D eigenvalue weighted by Gasteiger charge is 2.33. The first kappa shape index (κ1) is 11.3. The van der Waals surface area contributed by atoms with Crippen LogP contribution in [-0.2, 0) is 6.18 Å². The van der Waals surface area contributed by atoms with Gasteiger partial charge >= 0.3 is 6.18 Å². The Kier molecular flexibility index (Phi) is 2.82. The van der Waals surface area contributed by atoms with Gasteiger partial charge in [-0.25, -0.2) is 5.10 Å². The van der Waals surface area contributed by atoms with Crippen molar-refractivity contribution in [2.75, 3.05) is 0 Å². The number of hydrogen-bond acceptors (Lipinski definition) is 3. The number of rotatable bonds is 1. The van der Waals surface area contributed by atoms with Crippen molar-refractivity contribution < 1.29 is 13.2 Å². The maximum absolute atomic E-state index is 12.6. The van der Waals surface area contributed by atoms with E-state index >= 15 is 0 Å². The normalized spacial score (nSPS) is 11.8. The van der Waals surface area contributed by atoms with Gasteiger partial charge in [0, 0.05) is 9.13 Å². The van der Waals surface area contributed by atoms with Gasteiger partial charge in [-0.3, -0.25) is 0 Å². The van der Waals surface area contributed by atoms with Gasteiger partial charge in [0.05, 0.1) is 5.56 Å². The predicted octanol–water partition coefficient (Wildman–Crippen LogP) is 2.49. The largest absolute Gasteiger partial charge is 0.417 e. The lowest BCUT2D eigenvalue weighted by Gasteiger charge is -2.10. The van der Waals surface area contributed by atoms with Gasteiger partial charge in [-0.2, -0.15) is 13.2 Å². The highest BCUT2D eigenvalue weighted by molar-refractivity contribution is 14.1. The van der Waals surface area contributed by atoms with Crippen molar-refractivity contribution in [1.82, 2.24) is 20.6 Å². The van der Waals surface area contributed by atoms with Crippen LogP contribution in [0.4, 0.5) is 13.2 Å². The first-order valence-corrected chi connectivity index (χ1v) is 5.18. The average Bonchev–Trinajstić information content (AvgIpc) is 2.69. The van der Waals surface area contributed by atoms with E-state index in [0.717, 1.165) is 6.07 Å². The molecule has 1 heterocycles. The zero-order chi connectivity index (χ0) is 11.8. The number of halogens is 4. The van der Waals surface area contributed by atoms with E-state index < -0.39 is 11.7 Å². The van der Waals surface area contributed by atoms with Crippen LogP contribution in [0.2, 0.25) is 0 Å². The summed E-state index contributed by atoms with van der Waals surface area (Å²) in [6, 6.07) is 3.87. The molecule has 16 heavy (non-hydrogen) atoms. The van der Waals surface area contributed by atoms with E-state index in [4.69, 9.17) is 0 Å². The third-order valence-electron chi connectivity index (χ3n) is 1.90. The Hall–Kier alpha value is -1.19. The van der Waals surface area contributed by atoms with Crippen molar-refractivity contribution in [1.29, 1.82) is 0 Å². The van der Waals surface area contributed by atoms with Crippen molar-refractivity contribution in [3.63, 3.8) is 0 Å². The van der Waals surface area contributed by atoms with E-state index in [1.807, 2.05) is 0 Å². The van der Waals surface area contributed by atoms with Crippen molar-refractivity contribution >= 4 is 22.6 Å². The fraction of sp³-hybridized carbons (Fsp3) is 0.125. The summed E-state index contributed by atoms with van der Waals surface area (Å²) >= 11 is 1.63. The average molecular weight is 340 g/mol. The van der Waals surface area contributed by atoms with Gasteiger partial charge in [-0.05, 0) is 39.1 Å². The van der Waals surface area contributed by atoms with E-state index in [1.165, 1.54) is 12.1 Å². The first-order chi connectivity index (χ1) is 7.50. The molecule has 0 saturated heterocycles. The molecule has 0 aliphatic rings. The second-order valence-electron chi connectivity index (χ2n) is 2.91. The van der Waals surface area contributed by atoms with Gasteiger partial charge in [-0.15, -0.1) is 5.10 Å². The van der Waals surface area contributed by atoms with E-state index in [0.29, 0.717) is 5.56 Å². The van der Waals surface area contributed by atoms with Crippen LogP contribution in [-0.4, -0.2) is 20.6 Å². The van der Waals surface area contributed by atoms with Gasteiger partial charge in [0.1, 0.15) is 0 Å². The summed E-state index contributed by atoms with van der Waals surface area (Å²) in [5, 5.41) is 12.7. The lowest BCUT2D eigenvalue weighted by Crippen LogP contribution is -2.08. The molecule has 0 unspecified atom stereocenters. The Bertz CT molecular complexity index is 494. The molecule has 1 N–H and O–H groups in total. The van der Waals surface area contributed by atoms with Crippen molar-refractivity contribution in [3.8, 4) is 11.4 Å². The van der Waals surface area contributed by atoms with E-state index in [9.17, 15) is 13.2 Å². The Morgan fingerprint density at radius 1 is 1.25 bits per heavy atom. The fourth-order valence-corrected chi connectivity index (χ4v) is 2.13. The monoisotopic (exact) mass is 340 g/mol. The summed E-state index contributed by atoms with van der Waals surface area (Å²) in [6.45, 7) is 0. The predicted molar refractivity (Wildman–Crippen MR) is 57.3 cm³/mol. The Morgan fingerprint density at radius 3 is 2.56 bits per heavy atom. The maximum atomic E-state index is 12.6. The minimum atomic E-state index is -4.38. The SMILES string of the molecule is FC(F)(F)c1cccc(-c2nnn[nH]2)c1I. The quantitative estimate of drug-likeness (QED) is 0.812. The maximum Gasteiger partial charge on any atom is 0.417 e. The molecular weight excluding hydrogens is 336 g/mol. The zero-order valence-corrected chi connectivity index (χ0v) is 9.74. The number of aromatic amines is 1. The second kappa shape index (κ2) is 4.00. The third-order valence-corrected chi connectivity index (χ3v) is 3.07. The van der Waals surface area contributed by atoms with Crippen LogP contribution < -0.4 is 0 Å². The minimum Gasteiger partial charge on any atom is -0.239 e. The number of tetrazole rings is 1. The van der Waals surface area contributed by atoms with Gasteiger partial charge in [0.15, 0.2) is 5.82 Å². The zero-order valence-electron chi connectivity index (χ0n) is 7.59. The van der Waals surface area contributed by atoms with Gasteiger partial charge < -0.3 is 0 Å². The standard InChI is InChI=1S/C8H4F3IN4/c9-8(10,11)5-3-1-2-4(6(5)12)7-13-15-16-14-7/h1-3H,(H,13,14,15,16). The molecule has 0 bridgehead atoms. The molecular formula is C8H4F3IN4. The van der Waals surface area contributed by atoms with E-state index in [-0.39, 0.29) is 9.39 Å². The van der Waals surface area contributed by atoms with Crippen LogP contribution in [0.15, 0.2) is 18.2 Å². The van der Waals surface area contributed by atoms with Crippen molar-refractivity contribution in [2.45, 2.75) is 6.18 Å². The Balaban J connectivity index is 2.58. The summed E-state index contributed by atoms with van der Waals surface area (Å²) in [5.74, 6) is 0.218. The summed E-state index contributed by atoms with van der Waals surface area (Å²) in [5.41, 5.74) is -0.359. The Labute approximate surface area is 101 Å². The summed E-state index contributed by atoms with van der Waals surface area (Å²) < 4.78 is 37.9. The van der Waals surface area contributed by atoms with Gasteiger partial charge in [0.25, 0.3) is 0 Å². The second-order valence-corrected chi connectivity index (χ2v) is 3.99. The van der Waals surface area contributed by atoms with Crippen LogP contribution in [0, 0.1) is 3.57 Å². The van der Waals surface area contributed by atoms with E-state index in [2.05, 4.69) is 20.6 Å². The van der Waals surface area contributed by atoms with Crippen LogP contribution in [0.3, 0.4) is 0 Å². The molecule has 8 heteroatoms. The molecule has 0 radical (unpaired) electrons. The minimum absolute atomic E-state index is 0.0751. The van der Waals surface area contributed by atoms with E-state index in [1.54, 1.807) is 22.6 Å². The number of alkyl halides is 3. The lowest BCUT2D eigenvalue weighted by molar-refractivity contribution is -0.138. The van der Waals surface area contributed by atoms with Crippen LogP contribution >= 0.6 is 22.6 Å². The lowest BCUT2D eigenvalue weighted by atomic mass is 10.1. The number of nitrogens with one attached hydrogen (secondary N) is 1. The molecule has 0 atom stereocenters. The van der Waals surface area contributed by atoms with Crippen molar-refractivity contribution in [2.24, 2.45) is 0 Å². The number of hydrogen-bond donors (Lipinski definition) is 1. The highest BCUT2D eigenvalue weighted by atomic mass is 127. The summed E-state index contributed by atoms with van der Waals surface area (Å²) in [7, 11) is 0. The molecule has 4 nitrogen and oxygen atoms in total. The Morgan fingerprint density at radius 2 is 2.00 bits per heavy atom. The molecule has 0 fully saturated rings. The molecule has 2 rings (SSSR count). The van der Waals surface area contributed by atoms with Crippen LogP contribution in [0.1, 0.15) is 5.56 Å². The summed E-state index contributed by atoms with van der Waals surface area (Å²) in [6.07, 6.45) is -4.38. The number of nitrogens with zero attached hydrogens (tertiary/aromatic N) is 3. The smallest absolute Gasteiger partial charge is 0.239 e. The van der Waals surface area contributed by atoms with Crippen LogP contribution in [0.25, 0.3) is 11.4 Å². The molecule has 2 aromatic rings. The summed E-state index contributed by atoms with van der Waals surface area (Å²) in [4.78, 5) is 0. The van der Waals surface area contributed by atoms with Crippen LogP contribution in [0.5, 0.6) is 0 Å². The molecule has 1 aromatic heterocycles. The number of H-pyrrole nitrogens is 1. The van der Waals surface area contributed by atoms with Gasteiger partial charge in [0.2, 0.25) is 0 Å². The number of aromatic nitrogens is 4. The molecule has 0 saturated carbocycles.